The van der Waals surface area contributed by atoms with Crippen LogP contribution >= 0.6 is 0 Å². The van der Waals surface area contributed by atoms with Gasteiger partial charge in [0.25, 0.3) is 0 Å². The molecule has 0 spiro atoms. The maximum atomic E-state index is 10.3. The molecule has 0 radical (unpaired) electrons. The summed E-state index contributed by atoms with van der Waals surface area (Å²) in [5.74, 6) is 0. The SMILES string of the molecule is CC1CCC(NC(=O)O)CN1C. The predicted octanol–water partition coefficient (Wildman–Crippen LogP) is 0.737. The first kappa shape index (κ1) is 9.32. The Morgan fingerprint density at radius 3 is 2.75 bits per heavy atom. The molecule has 0 aromatic carbocycles. The van der Waals surface area contributed by atoms with Crippen molar-refractivity contribution in [2.45, 2.75) is 31.8 Å². The Bertz CT molecular complexity index is 172. The van der Waals surface area contributed by atoms with Crippen LogP contribution in [0.1, 0.15) is 19.8 Å². The smallest absolute Gasteiger partial charge is 0.404 e. The molecule has 4 heteroatoms. The maximum Gasteiger partial charge on any atom is 0.404 e. The Kier molecular flexibility index (Phi) is 2.92. The average Bonchev–Trinajstić information content (AvgIpc) is 1.96. The number of likely N-dealkylation sites (N-methyl/N-ethyl adjacent to an activating group) is 1. The second-order valence-corrected chi connectivity index (χ2v) is 3.51. The van der Waals surface area contributed by atoms with Crippen LogP contribution in [0.15, 0.2) is 0 Å². The number of amides is 1. The summed E-state index contributed by atoms with van der Waals surface area (Å²) in [6.07, 6.45) is 1.11. The van der Waals surface area contributed by atoms with Gasteiger partial charge in [0.1, 0.15) is 0 Å². The quantitative estimate of drug-likeness (QED) is 0.613. The highest BCUT2D eigenvalue weighted by Crippen LogP contribution is 2.14. The molecule has 2 atom stereocenters. The van der Waals surface area contributed by atoms with Crippen LogP contribution in [0.5, 0.6) is 0 Å². The Morgan fingerprint density at radius 2 is 2.25 bits per heavy atom. The van der Waals surface area contributed by atoms with Crippen LogP contribution in [0.2, 0.25) is 0 Å². The fraction of sp³-hybridized carbons (Fsp3) is 0.875. The number of hydrogen-bond donors (Lipinski definition) is 2. The average molecular weight is 172 g/mol. The van der Waals surface area contributed by atoms with Crippen LogP contribution in [-0.2, 0) is 0 Å². The summed E-state index contributed by atoms with van der Waals surface area (Å²) >= 11 is 0. The molecule has 2 unspecified atom stereocenters. The molecular formula is C8H16N2O2. The van der Waals surface area contributed by atoms with E-state index in [1.807, 2.05) is 7.05 Å². The highest BCUT2D eigenvalue weighted by molar-refractivity contribution is 5.64. The van der Waals surface area contributed by atoms with E-state index in [0.717, 1.165) is 19.4 Å². The number of rotatable bonds is 1. The number of likely N-dealkylation sites (tertiary alicyclic amines) is 1. The largest absolute Gasteiger partial charge is 0.465 e. The Balaban J connectivity index is 2.35. The number of carbonyl (C=O) groups is 1. The van der Waals surface area contributed by atoms with Gasteiger partial charge in [-0.1, -0.05) is 0 Å². The lowest BCUT2D eigenvalue weighted by Crippen LogP contribution is -2.49. The molecule has 0 bridgehead atoms. The van der Waals surface area contributed by atoms with Gasteiger partial charge in [-0.2, -0.15) is 0 Å². The minimum Gasteiger partial charge on any atom is -0.465 e. The fourth-order valence-electron chi connectivity index (χ4n) is 1.57. The predicted molar refractivity (Wildman–Crippen MR) is 46.3 cm³/mol. The highest BCUT2D eigenvalue weighted by Gasteiger charge is 2.23. The van der Waals surface area contributed by atoms with Gasteiger partial charge in [0.2, 0.25) is 0 Å². The van der Waals surface area contributed by atoms with Crippen LogP contribution < -0.4 is 5.32 Å². The minimum atomic E-state index is -0.914. The van der Waals surface area contributed by atoms with E-state index in [-0.39, 0.29) is 6.04 Å². The van der Waals surface area contributed by atoms with Crippen molar-refractivity contribution in [3.8, 4) is 0 Å². The van der Waals surface area contributed by atoms with Crippen molar-refractivity contribution < 1.29 is 9.90 Å². The molecular weight excluding hydrogens is 156 g/mol. The topological polar surface area (TPSA) is 52.6 Å². The van der Waals surface area contributed by atoms with Crippen molar-refractivity contribution >= 4 is 6.09 Å². The first-order valence-corrected chi connectivity index (χ1v) is 4.29. The van der Waals surface area contributed by atoms with Crippen LogP contribution in [0, 0.1) is 0 Å². The lowest BCUT2D eigenvalue weighted by atomic mass is 10.0. The van der Waals surface area contributed by atoms with E-state index < -0.39 is 6.09 Å². The molecule has 0 saturated carbocycles. The third-order valence-corrected chi connectivity index (χ3v) is 2.52. The standard InChI is InChI=1S/C8H16N2O2/c1-6-3-4-7(5-10(6)2)9-8(11)12/h6-7,9H,3-5H2,1-2H3,(H,11,12). The Labute approximate surface area is 72.6 Å². The molecule has 12 heavy (non-hydrogen) atoms. The summed E-state index contributed by atoms with van der Waals surface area (Å²) < 4.78 is 0. The van der Waals surface area contributed by atoms with Gasteiger partial charge >= 0.3 is 6.09 Å². The third kappa shape index (κ3) is 2.37. The van der Waals surface area contributed by atoms with Gasteiger partial charge in [0, 0.05) is 18.6 Å². The van der Waals surface area contributed by atoms with E-state index in [4.69, 9.17) is 5.11 Å². The molecule has 1 aliphatic rings. The van der Waals surface area contributed by atoms with Crippen molar-refractivity contribution in [1.82, 2.24) is 10.2 Å². The zero-order valence-corrected chi connectivity index (χ0v) is 7.58. The molecule has 1 saturated heterocycles. The number of piperidine rings is 1. The first-order chi connectivity index (χ1) is 5.59. The highest BCUT2D eigenvalue weighted by atomic mass is 16.4. The van der Waals surface area contributed by atoms with Gasteiger partial charge in [0.05, 0.1) is 0 Å². The van der Waals surface area contributed by atoms with Gasteiger partial charge in [-0.3, -0.25) is 0 Å². The molecule has 1 heterocycles. The number of nitrogens with one attached hydrogen (secondary N) is 1. The van der Waals surface area contributed by atoms with Crippen LogP contribution in [0.3, 0.4) is 0 Å². The lowest BCUT2D eigenvalue weighted by molar-refractivity contribution is 0.149. The second kappa shape index (κ2) is 3.76. The molecule has 0 aliphatic carbocycles. The Morgan fingerprint density at radius 1 is 1.58 bits per heavy atom. The van der Waals surface area contributed by atoms with Crippen molar-refractivity contribution in [1.29, 1.82) is 0 Å². The van der Waals surface area contributed by atoms with Crippen molar-refractivity contribution in [3.63, 3.8) is 0 Å². The molecule has 1 amide bonds. The maximum absolute atomic E-state index is 10.3. The van der Waals surface area contributed by atoms with E-state index in [2.05, 4.69) is 17.1 Å². The second-order valence-electron chi connectivity index (χ2n) is 3.51. The van der Waals surface area contributed by atoms with E-state index in [0.29, 0.717) is 6.04 Å². The lowest BCUT2D eigenvalue weighted by Gasteiger charge is -2.34. The normalized spacial score (nSPS) is 31.5. The monoisotopic (exact) mass is 172 g/mol. The molecule has 0 aromatic rings. The zero-order valence-electron chi connectivity index (χ0n) is 7.58. The number of hydrogen-bond acceptors (Lipinski definition) is 2. The van der Waals surface area contributed by atoms with E-state index >= 15 is 0 Å². The van der Waals surface area contributed by atoms with Crippen molar-refractivity contribution in [3.05, 3.63) is 0 Å². The van der Waals surface area contributed by atoms with E-state index in [1.54, 1.807) is 0 Å². The number of nitrogens with zero attached hydrogens (tertiary/aromatic N) is 1. The third-order valence-electron chi connectivity index (χ3n) is 2.52. The van der Waals surface area contributed by atoms with E-state index in [9.17, 15) is 4.79 Å². The summed E-state index contributed by atoms with van der Waals surface area (Å²) in [4.78, 5) is 12.5. The Hall–Kier alpha value is -0.770. The molecule has 70 valence electrons. The van der Waals surface area contributed by atoms with E-state index in [1.165, 1.54) is 0 Å². The van der Waals surface area contributed by atoms with Crippen molar-refractivity contribution in [2.75, 3.05) is 13.6 Å². The summed E-state index contributed by atoms with van der Waals surface area (Å²) in [5.41, 5.74) is 0. The molecule has 0 aromatic heterocycles. The zero-order chi connectivity index (χ0) is 9.14. The summed E-state index contributed by atoms with van der Waals surface area (Å²) in [7, 11) is 2.03. The molecule has 1 rings (SSSR count). The van der Waals surface area contributed by atoms with Gasteiger partial charge in [-0.05, 0) is 26.8 Å². The fourth-order valence-corrected chi connectivity index (χ4v) is 1.57. The number of carboxylic acid groups (broad SMARTS) is 1. The molecule has 4 nitrogen and oxygen atoms in total. The van der Waals surface area contributed by atoms with Gasteiger partial charge in [-0.25, -0.2) is 4.79 Å². The molecule has 1 aliphatic heterocycles. The minimum absolute atomic E-state index is 0.115. The molecule has 2 N–H and O–H groups in total. The summed E-state index contributed by atoms with van der Waals surface area (Å²) in [5, 5.41) is 11.0. The van der Waals surface area contributed by atoms with Crippen molar-refractivity contribution in [2.24, 2.45) is 0 Å². The van der Waals surface area contributed by atoms with Crippen LogP contribution in [0.25, 0.3) is 0 Å². The first-order valence-electron chi connectivity index (χ1n) is 4.29. The van der Waals surface area contributed by atoms with Gasteiger partial charge < -0.3 is 15.3 Å². The van der Waals surface area contributed by atoms with Gasteiger partial charge in [0.15, 0.2) is 0 Å². The van der Waals surface area contributed by atoms with Crippen LogP contribution in [0.4, 0.5) is 4.79 Å². The summed E-state index contributed by atoms with van der Waals surface area (Å²) in [6, 6.07) is 0.695. The van der Waals surface area contributed by atoms with Crippen LogP contribution in [-0.4, -0.2) is 41.8 Å². The molecule has 1 fully saturated rings. The van der Waals surface area contributed by atoms with Gasteiger partial charge in [-0.15, -0.1) is 0 Å². The summed E-state index contributed by atoms with van der Waals surface area (Å²) in [6.45, 7) is 2.99.